The minimum atomic E-state index is 0.535. The molecule has 4 rings (SSSR count). The summed E-state index contributed by atoms with van der Waals surface area (Å²) in [5.74, 6) is 1.62. The lowest BCUT2D eigenvalue weighted by atomic mass is 10.2. The lowest BCUT2D eigenvalue weighted by Crippen LogP contribution is -1.96. The van der Waals surface area contributed by atoms with E-state index in [1.807, 2.05) is 72.8 Å². The van der Waals surface area contributed by atoms with Crippen molar-refractivity contribution in [3.05, 3.63) is 108 Å². The van der Waals surface area contributed by atoms with E-state index in [2.05, 4.69) is 27.4 Å². The fourth-order valence-corrected chi connectivity index (χ4v) is 3.49. The molecule has 0 aliphatic heterocycles. The van der Waals surface area contributed by atoms with E-state index < -0.39 is 0 Å². The van der Waals surface area contributed by atoms with Gasteiger partial charge in [0, 0.05) is 5.75 Å². The molecular formula is C23H20N4OS. The summed E-state index contributed by atoms with van der Waals surface area (Å²) in [6.45, 7) is 0.535. The molecule has 0 radical (unpaired) electrons. The maximum atomic E-state index is 5.88. The van der Waals surface area contributed by atoms with E-state index in [9.17, 15) is 0 Å². The van der Waals surface area contributed by atoms with Crippen molar-refractivity contribution in [2.75, 3.05) is 0 Å². The first-order chi connectivity index (χ1) is 14.4. The van der Waals surface area contributed by atoms with Crippen LogP contribution < -0.4 is 4.74 Å². The molecular weight excluding hydrogens is 380 g/mol. The van der Waals surface area contributed by atoms with Crippen LogP contribution in [0.5, 0.6) is 5.75 Å². The maximum Gasteiger partial charge on any atom is 0.212 e. The van der Waals surface area contributed by atoms with Gasteiger partial charge in [-0.05, 0) is 28.8 Å². The summed E-state index contributed by atoms with van der Waals surface area (Å²) < 4.78 is 7.57. The second-order valence-corrected chi connectivity index (χ2v) is 7.27. The Morgan fingerprint density at radius 3 is 2.45 bits per heavy atom. The number of hydrogen-bond acceptors (Lipinski definition) is 5. The fourth-order valence-electron chi connectivity index (χ4n) is 2.67. The van der Waals surface area contributed by atoms with Gasteiger partial charge >= 0.3 is 0 Å². The predicted molar refractivity (Wildman–Crippen MR) is 116 cm³/mol. The van der Waals surface area contributed by atoms with Crippen molar-refractivity contribution >= 4 is 18.0 Å². The van der Waals surface area contributed by atoms with Gasteiger partial charge in [0.05, 0.1) is 6.21 Å². The van der Waals surface area contributed by atoms with Crippen LogP contribution in [0.2, 0.25) is 0 Å². The van der Waals surface area contributed by atoms with Crippen molar-refractivity contribution in [1.29, 1.82) is 0 Å². The first-order valence-electron chi connectivity index (χ1n) is 9.25. The molecule has 144 valence electrons. The molecule has 0 N–H and O–H groups in total. The van der Waals surface area contributed by atoms with Gasteiger partial charge in [0.25, 0.3) is 0 Å². The van der Waals surface area contributed by atoms with Crippen LogP contribution in [0.15, 0.2) is 102 Å². The molecule has 0 aliphatic carbocycles. The Labute approximate surface area is 174 Å². The maximum absolute atomic E-state index is 5.88. The molecule has 29 heavy (non-hydrogen) atoms. The zero-order valence-electron chi connectivity index (χ0n) is 15.8. The van der Waals surface area contributed by atoms with Gasteiger partial charge in [0.2, 0.25) is 5.16 Å². The summed E-state index contributed by atoms with van der Waals surface area (Å²) in [5.41, 5.74) is 3.32. The Morgan fingerprint density at radius 2 is 1.66 bits per heavy atom. The van der Waals surface area contributed by atoms with Crippen LogP contribution in [0.3, 0.4) is 0 Å². The second-order valence-electron chi connectivity index (χ2n) is 6.32. The zero-order chi connectivity index (χ0) is 19.7. The van der Waals surface area contributed by atoms with Crippen LogP contribution in [0.4, 0.5) is 0 Å². The first-order valence-corrected chi connectivity index (χ1v) is 10.2. The Kier molecular flexibility index (Phi) is 6.34. The SMILES string of the molecule is C(=N/n1cnnc1SCc1ccccc1)/c1cccc(OCc2ccccc2)c1. The summed E-state index contributed by atoms with van der Waals surface area (Å²) in [6, 6.07) is 28.2. The largest absolute Gasteiger partial charge is 0.489 e. The van der Waals surface area contributed by atoms with Crippen molar-refractivity contribution in [2.45, 2.75) is 17.5 Å². The minimum Gasteiger partial charge on any atom is -0.489 e. The van der Waals surface area contributed by atoms with Crippen molar-refractivity contribution in [1.82, 2.24) is 14.9 Å². The average Bonchev–Trinajstić information content (AvgIpc) is 3.24. The number of aromatic nitrogens is 3. The number of ether oxygens (including phenoxy) is 1. The molecule has 3 aromatic carbocycles. The zero-order valence-corrected chi connectivity index (χ0v) is 16.6. The lowest BCUT2D eigenvalue weighted by Gasteiger charge is -2.06. The van der Waals surface area contributed by atoms with Gasteiger partial charge in [-0.1, -0.05) is 84.6 Å². The molecule has 0 aliphatic rings. The molecule has 4 aromatic rings. The average molecular weight is 401 g/mol. The molecule has 0 saturated carbocycles. The quantitative estimate of drug-likeness (QED) is 0.307. The molecule has 1 aromatic heterocycles. The van der Waals surface area contributed by atoms with Crippen LogP contribution in [0, 0.1) is 0 Å². The molecule has 0 fully saturated rings. The van der Waals surface area contributed by atoms with Gasteiger partial charge in [0.15, 0.2) is 0 Å². The molecule has 0 atom stereocenters. The Bertz CT molecular complexity index is 1060. The number of nitrogens with zero attached hydrogens (tertiary/aromatic N) is 4. The van der Waals surface area contributed by atoms with Gasteiger partial charge < -0.3 is 4.74 Å². The Morgan fingerprint density at radius 1 is 0.897 bits per heavy atom. The third-order valence-electron chi connectivity index (χ3n) is 4.15. The number of thioether (sulfide) groups is 1. The monoisotopic (exact) mass is 400 g/mol. The minimum absolute atomic E-state index is 0.535. The topological polar surface area (TPSA) is 52.3 Å². The van der Waals surface area contributed by atoms with Gasteiger partial charge in [-0.15, -0.1) is 10.2 Å². The molecule has 6 heteroatoms. The summed E-state index contributed by atoms with van der Waals surface area (Å²) in [7, 11) is 0. The summed E-state index contributed by atoms with van der Waals surface area (Å²) in [5, 5.41) is 13.4. The van der Waals surface area contributed by atoms with Crippen LogP contribution in [0.1, 0.15) is 16.7 Å². The third kappa shape index (κ3) is 5.56. The van der Waals surface area contributed by atoms with E-state index in [0.29, 0.717) is 6.61 Å². The molecule has 0 amide bonds. The van der Waals surface area contributed by atoms with Crippen LogP contribution in [0.25, 0.3) is 0 Å². The summed E-state index contributed by atoms with van der Waals surface area (Å²) in [4.78, 5) is 0. The van der Waals surface area contributed by atoms with E-state index in [-0.39, 0.29) is 0 Å². The first kappa shape index (κ1) is 19.0. The highest BCUT2D eigenvalue weighted by molar-refractivity contribution is 7.98. The van der Waals surface area contributed by atoms with Gasteiger partial charge in [0.1, 0.15) is 18.7 Å². The van der Waals surface area contributed by atoms with Gasteiger partial charge in [-0.25, -0.2) is 0 Å². The highest BCUT2D eigenvalue weighted by atomic mass is 32.2. The van der Waals surface area contributed by atoms with Crippen molar-refractivity contribution in [3.8, 4) is 5.75 Å². The highest BCUT2D eigenvalue weighted by Gasteiger charge is 2.04. The van der Waals surface area contributed by atoms with Crippen molar-refractivity contribution in [2.24, 2.45) is 5.10 Å². The molecule has 0 bridgehead atoms. The van der Waals surface area contributed by atoms with Crippen LogP contribution >= 0.6 is 11.8 Å². The van der Waals surface area contributed by atoms with E-state index in [4.69, 9.17) is 4.74 Å². The fraction of sp³-hybridized carbons (Fsp3) is 0.0870. The highest BCUT2D eigenvalue weighted by Crippen LogP contribution is 2.20. The standard InChI is InChI=1S/C23H20N4OS/c1-3-8-19(9-4-1)16-28-22-13-7-12-21(14-22)15-25-27-18-24-26-23(27)29-17-20-10-5-2-6-11-20/h1-15,18H,16-17H2/b25-15-. The Balaban J connectivity index is 1.39. The number of rotatable bonds is 8. The normalized spacial score (nSPS) is 11.0. The predicted octanol–water partition coefficient (Wildman–Crippen LogP) is 5.03. The molecule has 0 spiro atoms. The second kappa shape index (κ2) is 9.71. The molecule has 5 nitrogen and oxygen atoms in total. The van der Waals surface area contributed by atoms with Gasteiger partial charge in [-0.2, -0.15) is 9.78 Å². The molecule has 0 saturated heterocycles. The van der Waals surface area contributed by atoms with E-state index in [0.717, 1.165) is 27.8 Å². The molecule has 1 heterocycles. The number of hydrogen-bond donors (Lipinski definition) is 0. The van der Waals surface area contributed by atoms with Crippen molar-refractivity contribution < 1.29 is 4.74 Å². The van der Waals surface area contributed by atoms with Crippen molar-refractivity contribution in [3.63, 3.8) is 0 Å². The smallest absolute Gasteiger partial charge is 0.212 e. The lowest BCUT2D eigenvalue weighted by molar-refractivity contribution is 0.306. The van der Waals surface area contributed by atoms with E-state index >= 15 is 0 Å². The van der Waals surface area contributed by atoms with Crippen LogP contribution in [-0.2, 0) is 12.4 Å². The van der Waals surface area contributed by atoms with E-state index in [1.165, 1.54) is 5.56 Å². The number of benzene rings is 3. The molecule has 0 unspecified atom stereocenters. The van der Waals surface area contributed by atoms with Crippen LogP contribution in [-0.4, -0.2) is 21.1 Å². The van der Waals surface area contributed by atoms with Gasteiger partial charge in [-0.3, -0.25) is 0 Å². The Hall–Kier alpha value is -3.38. The summed E-state index contributed by atoms with van der Waals surface area (Å²) in [6.07, 6.45) is 3.39. The third-order valence-corrected chi connectivity index (χ3v) is 5.15. The van der Waals surface area contributed by atoms with E-state index in [1.54, 1.807) is 29.0 Å². The summed E-state index contributed by atoms with van der Waals surface area (Å²) >= 11 is 1.60.